The number of ether oxygens (including phenoxy) is 3. The second kappa shape index (κ2) is 7.51. The number of hydrogen-bond acceptors (Lipinski definition) is 5. The largest absolute Gasteiger partial charge is 0.497 e. The minimum absolute atomic E-state index is 0.146. The summed E-state index contributed by atoms with van der Waals surface area (Å²) in [6, 6.07) is 6.52. The van der Waals surface area contributed by atoms with Crippen LogP contribution in [0.2, 0.25) is 0 Å². The third kappa shape index (κ3) is 3.24. The highest BCUT2D eigenvalue weighted by molar-refractivity contribution is 6.07. The molecule has 0 aliphatic carbocycles. The molecule has 7 nitrogen and oxygen atoms in total. The fraction of sp³-hybridized carbons (Fsp3) is 0.368. The predicted molar refractivity (Wildman–Crippen MR) is 97.7 cm³/mol. The number of methoxy groups -OCH3 is 3. The molecular weight excluding hydrogens is 336 g/mol. The number of fused-ring (bicyclic) bond motifs is 1. The van der Waals surface area contributed by atoms with E-state index in [2.05, 4.69) is 5.32 Å². The van der Waals surface area contributed by atoms with Crippen molar-refractivity contribution in [2.45, 2.75) is 25.8 Å². The third-order valence-corrected chi connectivity index (χ3v) is 4.53. The van der Waals surface area contributed by atoms with Gasteiger partial charge in [-0.05, 0) is 31.4 Å². The van der Waals surface area contributed by atoms with Gasteiger partial charge in [-0.1, -0.05) is 0 Å². The van der Waals surface area contributed by atoms with Gasteiger partial charge >= 0.3 is 0 Å². The minimum Gasteiger partial charge on any atom is -0.497 e. The second-order valence-electron chi connectivity index (χ2n) is 6.00. The van der Waals surface area contributed by atoms with Gasteiger partial charge in [-0.15, -0.1) is 0 Å². The molecule has 0 atom stereocenters. The predicted octanol–water partition coefficient (Wildman–Crippen LogP) is 2.46. The van der Waals surface area contributed by atoms with Gasteiger partial charge in [0.05, 0.1) is 27.0 Å². The Bertz CT molecular complexity index is 888. The topological polar surface area (TPSA) is 78.8 Å². The van der Waals surface area contributed by atoms with Crippen LogP contribution in [0, 0.1) is 0 Å². The normalized spacial score (nSPS) is 12.9. The van der Waals surface area contributed by atoms with E-state index in [-0.39, 0.29) is 17.2 Å². The van der Waals surface area contributed by atoms with Gasteiger partial charge in [-0.25, -0.2) is 0 Å². The van der Waals surface area contributed by atoms with E-state index in [1.165, 1.54) is 20.3 Å². The van der Waals surface area contributed by atoms with E-state index in [9.17, 15) is 9.59 Å². The molecule has 0 saturated heterocycles. The molecule has 0 fully saturated rings. The molecule has 138 valence electrons. The van der Waals surface area contributed by atoms with Gasteiger partial charge in [0.25, 0.3) is 11.5 Å². The summed E-state index contributed by atoms with van der Waals surface area (Å²) in [5.41, 5.74) is 1.43. The van der Waals surface area contributed by atoms with E-state index in [0.717, 1.165) is 12.8 Å². The Hall–Kier alpha value is -2.96. The monoisotopic (exact) mass is 358 g/mol. The van der Waals surface area contributed by atoms with Crippen LogP contribution in [0.1, 0.15) is 28.9 Å². The molecule has 7 heteroatoms. The molecule has 0 saturated carbocycles. The van der Waals surface area contributed by atoms with E-state index in [0.29, 0.717) is 41.4 Å². The lowest BCUT2D eigenvalue weighted by molar-refractivity contribution is 0.102. The van der Waals surface area contributed by atoms with Crippen LogP contribution in [-0.4, -0.2) is 31.8 Å². The summed E-state index contributed by atoms with van der Waals surface area (Å²) in [5, 5.41) is 2.86. The molecule has 0 bridgehead atoms. The van der Waals surface area contributed by atoms with Crippen LogP contribution in [-0.2, 0) is 13.0 Å². The lowest BCUT2D eigenvalue weighted by Gasteiger charge is -2.23. The molecule has 1 N–H and O–H groups in total. The van der Waals surface area contributed by atoms with Crippen LogP contribution in [0.25, 0.3) is 0 Å². The number of benzene rings is 1. The number of carbonyl (C=O) groups is 1. The molecule has 1 aromatic heterocycles. The van der Waals surface area contributed by atoms with Gasteiger partial charge < -0.3 is 24.1 Å². The number of nitrogens with one attached hydrogen (secondary N) is 1. The van der Waals surface area contributed by atoms with Gasteiger partial charge in [-0.2, -0.15) is 0 Å². The number of nitrogens with zero attached hydrogens (tertiary/aromatic N) is 1. The summed E-state index contributed by atoms with van der Waals surface area (Å²) in [6.45, 7) is 0.612. The summed E-state index contributed by atoms with van der Waals surface area (Å²) >= 11 is 0. The molecule has 0 unspecified atom stereocenters. The van der Waals surface area contributed by atoms with Crippen LogP contribution >= 0.6 is 0 Å². The van der Waals surface area contributed by atoms with Crippen molar-refractivity contribution >= 4 is 11.6 Å². The molecule has 3 rings (SSSR count). The molecule has 1 aliphatic heterocycles. The van der Waals surface area contributed by atoms with Crippen molar-refractivity contribution in [1.82, 2.24) is 4.57 Å². The maximum Gasteiger partial charge on any atom is 0.261 e. The first kappa shape index (κ1) is 17.8. The SMILES string of the molecule is COc1ccc(OC)c(NC(=O)c2c(OC)cc(=O)n3c2CCCC3)c1. The first-order valence-electron chi connectivity index (χ1n) is 8.43. The molecule has 0 radical (unpaired) electrons. The Morgan fingerprint density at radius 1 is 1.04 bits per heavy atom. The number of pyridine rings is 1. The van der Waals surface area contributed by atoms with Crippen LogP contribution in [0.15, 0.2) is 29.1 Å². The van der Waals surface area contributed by atoms with E-state index < -0.39 is 0 Å². The Labute approximate surface area is 151 Å². The van der Waals surface area contributed by atoms with Gasteiger partial charge in [0.15, 0.2) is 0 Å². The van der Waals surface area contributed by atoms with Crippen LogP contribution in [0.3, 0.4) is 0 Å². The average Bonchev–Trinajstić information content (AvgIpc) is 2.67. The Morgan fingerprint density at radius 2 is 1.81 bits per heavy atom. The molecular formula is C19H22N2O5. The number of hydrogen-bond donors (Lipinski definition) is 1. The highest BCUT2D eigenvalue weighted by atomic mass is 16.5. The zero-order chi connectivity index (χ0) is 18.7. The smallest absolute Gasteiger partial charge is 0.261 e. The average molecular weight is 358 g/mol. The fourth-order valence-electron chi connectivity index (χ4n) is 3.24. The fourth-order valence-corrected chi connectivity index (χ4v) is 3.24. The van der Waals surface area contributed by atoms with Crippen molar-refractivity contribution < 1.29 is 19.0 Å². The lowest BCUT2D eigenvalue weighted by atomic mass is 10.0. The summed E-state index contributed by atoms with van der Waals surface area (Å²) in [4.78, 5) is 25.3. The van der Waals surface area contributed by atoms with E-state index >= 15 is 0 Å². The highest BCUT2D eigenvalue weighted by Gasteiger charge is 2.25. The Kier molecular flexibility index (Phi) is 5.16. The maximum absolute atomic E-state index is 13.0. The van der Waals surface area contributed by atoms with Crippen LogP contribution in [0.4, 0.5) is 5.69 Å². The first-order chi connectivity index (χ1) is 12.6. The summed E-state index contributed by atoms with van der Waals surface area (Å²) in [6.07, 6.45) is 2.50. The lowest BCUT2D eigenvalue weighted by Crippen LogP contribution is -2.30. The van der Waals surface area contributed by atoms with Crippen molar-refractivity contribution in [2.75, 3.05) is 26.6 Å². The van der Waals surface area contributed by atoms with E-state index in [1.54, 1.807) is 29.9 Å². The number of anilines is 1. The second-order valence-corrected chi connectivity index (χ2v) is 6.00. The van der Waals surface area contributed by atoms with E-state index in [1.807, 2.05) is 0 Å². The Balaban J connectivity index is 2.05. The van der Waals surface area contributed by atoms with Crippen LogP contribution < -0.4 is 25.1 Å². The standard InChI is InChI=1S/C19H22N2O5/c1-24-12-7-8-15(25-2)13(10-12)20-19(23)18-14-6-4-5-9-21(14)17(22)11-16(18)26-3/h7-8,10-11H,4-6,9H2,1-3H3,(H,20,23). The van der Waals surface area contributed by atoms with Gasteiger partial charge in [-0.3, -0.25) is 9.59 Å². The minimum atomic E-state index is -0.348. The zero-order valence-corrected chi connectivity index (χ0v) is 15.1. The van der Waals surface area contributed by atoms with Crippen molar-refractivity contribution in [1.29, 1.82) is 0 Å². The molecule has 2 heterocycles. The number of carbonyl (C=O) groups excluding carboxylic acids is 1. The van der Waals surface area contributed by atoms with Crippen LogP contribution in [0.5, 0.6) is 17.2 Å². The van der Waals surface area contributed by atoms with Gasteiger partial charge in [0.1, 0.15) is 22.8 Å². The Morgan fingerprint density at radius 3 is 2.50 bits per heavy atom. The zero-order valence-electron chi connectivity index (χ0n) is 15.1. The van der Waals surface area contributed by atoms with Crippen molar-refractivity contribution in [3.8, 4) is 17.2 Å². The molecule has 1 aromatic carbocycles. The quantitative estimate of drug-likeness (QED) is 0.888. The maximum atomic E-state index is 13.0. The first-order valence-corrected chi connectivity index (χ1v) is 8.43. The molecule has 1 amide bonds. The van der Waals surface area contributed by atoms with Crippen molar-refractivity contribution in [2.24, 2.45) is 0 Å². The molecule has 0 spiro atoms. The molecule has 1 aliphatic rings. The van der Waals surface area contributed by atoms with Gasteiger partial charge in [0.2, 0.25) is 0 Å². The summed E-state index contributed by atoms with van der Waals surface area (Å²) in [7, 11) is 4.54. The van der Waals surface area contributed by atoms with Crippen molar-refractivity contribution in [3.63, 3.8) is 0 Å². The number of amides is 1. The third-order valence-electron chi connectivity index (χ3n) is 4.53. The number of rotatable bonds is 5. The molecule has 2 aromatic rings. The molecule has 26 heavy (non-hydrogen) atoms. The highest BCUT2D eigenvalue weighted by Crippen LogP contribution is 2.31. The van der Waals surface area contributed by atoms with Crippen molar-refractivity contribution in [3.05, 3.63) is 45.9 Å². The van der Waals surface area contributed by atoms with E-state index in [4.69, 9.17) is 14.2 Å². The van der Waals surface area contributed by atoms with Gasteiger partial charge in [0, 0.05) is 24.4 Å². The summed E-state index contributed by atoms with van der Waals surface area (Å²) in [5.74, 6) is 1.04. The summed E-state index contributed by atoms with van der Waals surface area (Å²) < 4.78 is 17.5. The number of aromatic nitrogens is 1.